The molecule has 1 N–H and O–H groups in total. The van der Waals surface area contributed by atoms with Gasteiger partial charge in [-0.25, -0.2) is 8.42 Å². The summed E-state index contributed by atoms with van der Waals surface area (Å²) in [6.45, 7) is 3.96. The molecule has 0 aromatic heterocycles. The zero-order chi connectivity index (χ0) is 26.5. The summed E-state index contributed by atoms with van der Waals surface area (Å²) in [5.74, 6) is 6.03. The van der Waals surface area contributed by atoms with Crippen LogP contribution in [0.5, 0.6) is 5.75 Å². The average molecular weight is 514 g/mol. The van der Waals surface area contributed by atoms with Crippen LogP contribution in [-0.2, 0) is 14.8 Å². The van der Waals surface area contributed by atoms with Crippen molar-refractivity contribution >= 4 is 15.9 Å². The van der Waals surface area contributed by atoms with E-state index in [4.69, 9.17) is 4.74 Å². The number of sulfonamides is 1. The molecule has 0 radical (unpaired) electrons. The molecule has 194 valence electrons. The quantitative estimate of drug-likeness (QED) is 0.594. The highest BCUT2D eigenvalue weighted by Crippen LogP contribution is 2.34. The fourth-order valence-electron chi connectivity index (χ4n) is 3.95. The highest BCUT2D eigenvalue weighted by molar-refractivity contribution is 7.89. The summed E-state index contributed by atoms with van der Waals surface area (Å²) >= 11 is 0. The van der Waals surface area contributed by atoms with Gasteiger partial charge in [0.25, 0.3) is 0 Å². The zero-order valence-corrected chi connectivity index (χ0v) is 22.3. The van der Waals surface area contributed by atoms with Crippen LogP contribution in [-0.4, -0.2) is 93.1 Å². The van der Waals surface area contributed by atoms with E-state index in [1.165, 1.54) is 10.4 Å². The molecule has 1 amide bonds. The highest BCUT2D eigenvalue weighted by Gasteiger charge is 2.38. The minimum atomic E-state index is -3.94. The fraction of sp³-hybridized carbons (Fsp3) is 0.444. The molecule has 1 aliphatic heterocycles. The van der Waals surface area contributed by atoms with Gasteiger partial charge in [0, 0.05) is 36.7 Å². The normalized spacial score (nSPS) is 20.2. The van der Waals surface area contributed by atoms with Crippen molar-refractivity contribution in [2.45, 2.75) is 30.9 Å². The maximum absolute atomic E-state index is 13.6. The number of hydrogen-bond donors (Lipinski definition) is 1. The summed E-state index contributed by atoms with van der Waals surface area (Å²) in [6.07, 6.45) is -0.471. The van der Waals surface area contributed by atoms with Crippen molar-refractivity contribution in [3.05, 3.63) is 59.7 Å². The molecular formula is C27H35N3O5S. The van der Waals surface area contributed by atoms with Gasteiger partial charge in [-0.2, -0.15) is 4.31 Å². The van der Waals surface area contributed by atoms with E-state index in [1.54, 1.807) is 35.9 Å². The predicted molar refractivity (Wildman–Crippen MR) is 139 cm³/mol. The van der Waals surface area contributed by atoms with E-state index < -0.39 is 22.2 Å². The summed E-state index contributed by atoms with van der Waals surface area (Å²) in [6, 6.07) is 13.7. The summed E-state index contributed by atoms with van der Waals surface area (Å²) in [4.78, 5) is 16.0. The third-order valence-electron chi connectivity index (χ3n) is 6.12. The minimum absolute atomic E-state index is 0.0206. The molecule has 36 heavy (non-hydrogen) atoms. The number of nitrogens with zero attached hydrogens (tertiary/aromatic N) is 3. The lowest BCUT2D eigenvalue weighted by Crippen LogP contribution is -2.50. The molecule has 1 aliphatic rings. The first-order valence-electron chi connectivity index (χ1n) is 11.9. The Bertz CT molecular complexity index is 1220. The number of rotatable bonds is 6. The molecule has 0 saturated carbocycles. The van der Waals surface area contributed by atoms with E-state index in [0.717, 1.165) is 5.56 Å². The molecule has 2 aromatic carbocycles. The van der Waals surface area contributed by atoms with Gasteiger partial charge in [0.1, 0.15) is 16.7 Å². The Labute approximate surface area is 214 Å². The van der Waals surface area contributed by atoms with Crippen molar-refractivity contribution in [1.29, 1.82) is 0 Å². The second kappa shape index (κ2) is 11.9. The van der Waals surface area contributed by atoms with E-state index in [9.17, 15) is 18.3 Å². The molecule has 0 fully saturated rings. The third kappa shape index (κ3) is 6.65. The van der Waals surface area contributed by atoms with Crippen molar-refractivity contribution < 1.29 is 23.1 Å². The van der Waals surface area contributed by atoms with Crippen molar-refractivity contribution in [2.24, 2.45) is 5.92 Å². The van der Waals surface area contributed by atoms with Crippen LogP contribution in [0.15, 0.2) is 53.4 Å². The SMILES string of the molecule is C[C@H](CO)N1C[C@H](C)[C@H](CN(C)C(=O)CN(C)C)Oc2cc(C#Cc3ccccc3)ccc2S1(=O)=O. The van der Waals surface area contributed by atoms with Crippen LogP contribution in [0.1, 0.15) is 25.0 Å². The molecule has 0 spiro atoms. The number of likely N-dealkylation sites (N-methyl/N-ethyl adjacent to an activating group) is 2. The molecule has 9 heteroatoms. The smallest absolute Gasteiger partial charge is 0.247 e. The van der Waals surface area contributed by atoms with E-state index in [2.05, 4.69) is 11.8 Å². The molecule has 0 unspecified atom stereocenters. The number of fused-ring (bicyclic) bond motifs is 1. The van der Waals surface area contributed by atoms with Crippen LogP contribution in [0, 0.1) is 17.8 Å². The van der Waals surface area contributed by atoms with Crippen molar-refractivity contribution in [2.75, 3.05) is 47.4 Å². The molecule has 0 saturated heterocycles. The molecule has 1 heterocycles. The Kier molecular flexibility index (Phi) is 9.14. The number of aliphatic hydroxyl groups excluding tert-OH is 1. The summed E-state index contributed by atoms with van der Waals surface area (Å²) < 4.78 is 34.8. The minimum Gasteiger partial charge on any atom is -0.487 e. The van der Waals surface area contributed by atoms with Gasteiger partial charge >= 0.3 is 0 Å². The molecule has 8 nitrogen and oxygen atoms in total. The Morgan fingerprint density at radius 3 is 2.44 bits per heavy atom. The van der Waals surface area contributed by atoms with Crippen LogP contribution in [0.2, 0.25) is 0 Å². The number of ether oxygens (including phenoxy) is 1. The first kappa shape index (κ1) is 27.7. The van der Waals surface area contributed by atoms with Crippen molar-refractivity contribution in [1.82, 2.24) is 14.1 Å². The van der Waals surface area contributed by atoms with E-state index >= 15 is 0 Å². The second-order valence-electron chi connectivity index (χ2n) is 9.53. The number of aliphatic hydroxyl groups is 1. The van der Waals surface area contributed by atoms with Gasteiger partial charge in [0.05, 0.1) is 19.7 Å². The largest absolute Gasteiger partial charge is 0.487 e. The van der Waals surface area contributed by atoms with E-state index in [-0.39, 0.29) is 48.7 Å². The van der Waals surface area contributed by atoms with Crippen LogP contribution in [0.4, 0.5) is 0 Å². The highest BCUT2D eigenvalue weighted by atomic mass is 32.2. The van der Waals surface area contributed by atoms with Crippen molar-refractivity contribution in [3.63, 3.8) is 0 Å². The molecule has 0 bridgehead atoms. The number of carbonyl (C=O) groups excluding carboxylic acids is 1. The van der Waals surface area contributed by atoms with Crippen molar-refractivity contribution in [3.8, 4) is 17.6 Å². The fourth-order valence-corrected chi connectivity index (χ4v) is 5.78. The van der Waals surface area contributed by atoms with Crippen LogP contribution >= 0.6 is 0 Å². The average Bonchev–Trinajstić information content (AvgIpc) is 2.84. The van der Waals surface area contributed by atoms with E-state index in [1.807, 2.05) is 51.4 Å². The summed E-state index contributed by atoms with van der Waals surface area (Å²) in [5, 5.41) is 9.79. The van der Waals surface area contributed by atoms with Crippen LogP contribution < -0.4 is 4.74 Å². The second-order valence-corrected chi connectivity index (χ2v) is 11.4. The molecule has 3 atom stereocenters. The Balaban J connectivity index is 2.03. The van der Waals surface area contributed by atoms with Gasteiger partial charge in [0.2, 0.25) is 15.9 Å². The van der Waals surface area contributed by atoms with Gasteiger partial charge in [-0.05, 0) is 51.4 Å². The lowest BCUT2D eigenvalue weighted by molar-refractivity contribution is -0.132. The number of benzene rings is 2. The predicted octanol–water partition coefficient (Wildman–Crippen LogP) is 1.88. The van der Waals surface area contributed by atoms with Gasteiger partial charge in [0.15, 0.2) is 0 Å². The lowest BCUT2D eigenvalue weighted by Gasteiger charge is -2.37. The van der Waals surface area contributed by atoms with Gasteiger partial charge < -0.3 is 19.6 Å². The third-order valence-corrected chi connectivity index (χ3v) is 8.14. The molecule has 0 aliphatic carbocycles. The topological polar surface area (TPSA) is 90.4 Å². The lowest BCUT2D eigenvalue weighted by atomic mass is 10.0. The summed E-state index contributed by atoms with van der Waals surface area (Å²) in [5.41, 5.74) is 1.45. The van der Waals surface area contributed by atoms with Crippen LogP contribution in [0.25, 0.3) is 0 Å². The van der Waals surface area contributed by atoms with Gasteiger partial charge in [-0.15, -0.1) is 0 Å². The standard InChI is InChI=1S/C27H35N3O5S/c1-20-16-30(21(2)19-31)36(33,34)26-14-13-23(12-11-22-9-7-6-8-10-22)15-24(26)35-25(20)17-29(5)27(32)18-28(3)4/h6-10,13-15,20-21,25,31H,16-19H2,1-5H3/t20-,21+,25-/m0/s1. The summed E-state index contributed by atoms with van der Waals surface area (Å²) in [7, 11) is 1.43. The van der Waals surface area contributed by atoms with Gasteiger partial charge in [-0.3, -0.25) is 4.79 Å². The molecule has 3 rings (SSSR count). The Hall–Kier alpha value is -2.90. The maximum Gasteiger partial charge on any atom is 0.247 e. The zero-order valence-electron chi connectivity index (χ0n) is 21.5. The number of hydrogen-bond acceptors (Lipinski definition) is 6. The molecular weight excluding hydrogens is 478 g/mol. The number of amides is 1. The monoisotopic (exact) mass is 513 g/mol. The Morgan fingerprint density at radius 1 is 1.14 bits per heavy atom. The van der Waals surface area contributed by atoms with Gasteiger partial charge in [-0.1, -0.05) is 37.0 Å². The Morgan fingerprint density at radius 2 is 1.81 bits per heavy atom. The first-order valence-corrected chi connectivity index (χ1v) is 13.4. The first-order chi connectivity index (χ1) is 17.0. The van der Waals surface area contributed by atoms with Crippen LogP contribution in [0.3, 0.4) is 0 Å². The van der Waals surface area contributed by atoms with E-state index in [0.29, 0.717) is 5.56 Å². The maximum atomic E-state index is 13.6. The molecule has 2 aromatic rings. The number of carbonyl (C=O) groups is 1.